The summed E-state index contributed by atoms with van der Waals surface area (Å²) in [5, 5.41) is 9.68. The van der Waals surface area contributed by atoms with Crippen molar-refractivity contribution in [2.75, 3.05) is 6.61 Å². The Morgan fingerprint density at radius 3 is 1.85 bits per heavy atom. The van der Waals surface area contributed by atoms with Gasteiger partial charge in [0.2, 0.25) is 0 Å². The first-order chi connectivity index (χ1) is 13.2. The zero-order valence-electron chi connectivity index (χ0n) is 15.3. The highest BCUT2D eigenvalue weighted by Gasteiger charge is 2.14. The normalized spacial score (nSPS) is 13.0. The lowest BCUT2D eigenvalue weighted by molar-refractivity contribution is 0.305. The summed E-state index contributed by atoms with van der Waals surface area (Å²) in [6.07, 6.45) is 0.588. The second-order valence-corrected chi connectivity index (χ2v) is 7.53. The average molecular weight is 423 g/mol. The summed E-state index contributed by atoms with van der Waals surface area (Å²) in [6, 6.07) is 28.7. The predicted octanol–water partition coefficient (Wildman–Crippen LogP) is 6.15. The molecule has 138 valence electrons. The number of aliphatic hydroxyl groups excluding tert-OH is 1. The fourth-order valence-electron chi connectivity index (χ4n) is 3.17. The maximum Gasteiger partial charge on any atom is 0.150 e. The summed E-state index contributed by atoms with van der Waals surface area (Å²) in [7, 11) is 0. The first-order valence-corrected chi connectivity index (χ1v) is 9.96. The van der Waals surface area contributed by atoms with Crippen molar-refractivity contribution in [3.05, 3.63) is 102 Å². The quantitative estimate of drug-likeness (QED) is 0.365. The first kappa shape index (κ1) is 19.4. The van der Waals surface area contributed by atoms with Crippen molar-refractivity contribution in [2.24, 2.45) is 0 Å². The number of alkyl halides is 1. The fraction of sp³-hybridized carbons (Fsp3) is 0.167. The molecule has 0 spiro atoms. The summed E-state index contributed by atoms with van der Waals surface area (Å²) in [4.78, 5) is 0. The van der Waals surface area contributed by atoms with E-state index in [4.69, 9.17) is 4.74 Å². The van der Waals surface area contributed by atoms with Crippen LogP contribution in [0.3, 0.4) is 0 Å². The van der Waals surface area contributed by atoms with E-state index < -0.39 is 0 Å². The molecule has 0 fully saturated rings. The van der Waals surface area contributed by atoms with Crippen molar-refractivity contribution in [1.29, 1.82) is 0 Å². The van der Waals surface area contributed by atoms with Crippen LogP contribution >= 0.6 is 15.9 Å². The van der Waals surface area contributed by atoms with Gasteiger partial charge in [0.05, 0.1) is 0 Å². The molecule has 1 atom stereocenters. The van der Waals surface area contributed by atoms with Gasteiger partial charge in [0, 0.05) is 6.61 Å². The van der Waals surface area contributed by atoms with Crippen LogP contribution < -0.4 is 4.74 Å². The van der Waals surface area contributed by atoms with Crippen LogP contribution in [0.1, 0.15) is 30.0 Å². The lowest BCUT2D eigenvalue weighted by Gasteiger charge is -2.17. The molecular weight excluding hydrogens is 400 g/mol. The van der Waals surface area contributed by atoms with Crippen molar-refractivity contribution in [3.8, 4) is 5.75 Å². The number of ether oxygens (including phenoxy) is 1. The molecule has 0 saturated carbocycles. The maximum atomic E-state index is 9.72. The number of rotatable bonds is 7. The highest BCUT2D eigenvalue weighted by Crippen LogP contribution is 2.35. The Balaban J connectivity index is 2.16. The van der Waals surface area contributed by atoms with E-state index in [0.717, 1.165) is 33.6 Å². The molecular formula is C24H23BrO2. The minimum absolute atomic E-state index is 0.0400. The summed E-state index contributed by atoms with van der Waals surface area (Å²) >= 11 is 3.41. The number of halogens is 1. The number of aliphatic hydroxyl groups is 1. The summed E-state index contributed by atoms with van der Waals surface area (Å²) in [5.41, 5.74) is 5.62. The minimum atomic E-state index is -0.0400. The van der Waals surface area contributed by atoms with Crippen LogP contribution in [-0.2, 0) is 0 Å². The van der Waals surface area contributed by atoms with Gasteiger partial charge in [0.1, 0.15) is 5.75 Å². The summed E-state index contributed by atoms with van der Waals surface area (Å²) in [6.45, 7) is 2.04. The van der Waals surface area contributed by atoms with E-state index in [9.17, 15) is 5.11 Å². The van der Waals surface area contributed by atoms with Crippen LogP contribution in [0.2, 0.25) is 0 Å². The summed E-state index contributed by atoms with van der Waals surface area (Å²) < 4.78 is 5.71. The first-order valence-electron chi connectivity index (χ1n) is 9.05. The highest BCUT2D eigenvalue weighted by atomic mass is 79.9. The van der Waals surface area contributed by atoms with Gasteiger partial charge in [-0.2, -0.15) is 0 Å². The molecule has 3 heteroatoms. The third-order valence-corrected chi connectivity index (χ3v) is 4.48. The maximum absolute atomic E-state index is 9.72. The van der Waals surface area contributed by atoms with Gasteiger partial charge in [-0.1, -0.05) is 72.8 Å². The van der Waals surface area contributed by atoms with Crippen molar-refractivity contribution in [2.45, 2.75) is 18.4 Å². The van der Waals surface area contributed by atoms with Crippen molar-refractivity contribution < 1.29 is 9.84 Å². The molecule has 0 bridgehead atoms. The van der Waals surface area contributed by atoms with Crippen LogP contribution in [0.15, 0.2) is 84.9 Å². The minimum Gasteiger partial charge on any atom is -0.480 e. The van der Waals surface area contributed by atoms with E-state index in [0.29, 0.717) is 6.42 Å². The van der Waals surface area contributed by atoms with Gasteiger partial charge in [-0.25, -0.2) is 0 Å². The van der Waals surface area contributed by atoms with E-state index in [-0.39, 0.29) is 11.6 Å². The predicted molar refractivity (Wildman–Crippen MR) is 116 cm³/mol. The monoisotopic (exact) mass is 422 g/mol. The van der Waals surface area contributed by atoms with E-state index in [1.165, 1.54) is 0 Å². The molecule has 0 aliphatic rings. The fourth-order valence-corrected chi connectivity index (χ4v) is 3.39. The van der Waals surface area contributed by atoms with E-state index in [1.54, 1.807) is 0 Å². The largest absolute Gasteiger partial charge is 0.480 e. The van der Waals surface area contributed by atoms with Crippen molar-refractivity contribution >= 4 is 27.1 Å². The molecule has 0 saturated heterocycles. The second-order valence-electron chi connectivity index (χ2n) is 6.24. The van der Waals surface area contributed by atoms with Crippen LogP contribution in [0.5, 0.6) is 5.75 Å². The molecule has 1 N–H and O–H groups in total. The molecule has 0 amide bonds. The van der Waals surface area contributed by atoms with E-state index in [2.05, 4.69) is 52.3 Å². The zero-order chi connectivity index (χ0) is 19.1. The van der Waals surface area contributed by atoms with Gasteiger partial charge in [-0.15, -0.1) is 0 Å². The smallest absolute Gasteiger partial charge is 0.150 e. The molecule has 3 aromatic rings. The lowest BCUT2D eigenvalue weighted by atomic mass is 9.88. The van der Waals surface area contributed by atoms with Gasteiger partial charge >= 0.3 is 0 Å². The van der Waals surface area contributed by atoms with Gasteiger partial charge in [-0.3, -0.25) is 0 Å². The van der Waals surface area contributed by atoms with E-state index >= 15 is 0 Å². The van der Waals surface area contributed by atoms with Gasteiger partial charge in [-0.05, 0) is 69.2 Å². The van der Waals surface area contributed by atoms with Crippen LogP contribution in [0.25, 0.3) is 11.1 Å². The average Bonchev–Trinajstić information content (AvgIpc) is 2.70. The van der Waals surface area contributed by atoms with Crippen LogP contribution in [0, 0.1) is 0 Å². The highest BCUT2D eigenvalue weighted by molar-refractivity contribution is 9.09. The summed E-state index contributed by atoms with van der Waals surface area (Å²) in [5.74, 6) is 0.818. The van der Waals surface area contributed by atoms with Crippen LogP contribution in [0.4, 0.5) is 0 Å². The molecule has 0 aromatic heterocycles. The Morgan fingerprint density at radius 2 is 1.33 bits per heavy atom. The topological polar surface area (TPSA) is 29.5 Å². The molecule has 3 rings (SSSR count). The Kier molecular flexibility index (Phi) is 6.86. The van der Waals surface area contributed by atoms with E-state index in [1.807, 2.05) is 55.5 Å². The Bertz CT molecular complexity index is 869. The zero-order valence-corrected chi connectivity index (χ0v) is 16.9. The van der Waals surface area contributed by atoms with Crippen molar-refractivity contribution in [3.63, 3.8) is 0 Å². The lowest BCUT2D eigenvalue weighted by Crippen LogP contribution is -2.02. The van der Waals surface area contributed by atoms with Gasteiger partial charge in [0.25, 0.3) is 0 Å². The standard InChI is InChI=1S/C24H23BrO2/c1-18(25)27-22-14-12-21(13-15-22)24(20-10-6-3-7-11-20)23(16-17-26)19-8-4-2-5-9-19/h2-15,18,26H,16-17H2,1H3/b24-23-. The number of hydrogen-bond acceptors (Lipinski definition) is 2. The molecule has 0 aliphatic heterocycles. The molecule has 27 heavy (non-hydrogen) atoms. The molecule has 2 nitrogen and oxygen atoms in total. The Morgan fingerprint density at radius 1 is 0.815 bits per heavy atom. The van der Waals surface area contributed by atoms with Gasteiger partial charge in [0.15, 0.2) is 5.01 Å². The second kappa shape index (κ2) is 9.54. The molecule has 0 heterocycles. The number of hydrogen-bond donors (Lipinski definition) is 1. The third kappa shape index (κ3) is 5.09. The Hall–Kier alpha value is -2.36. The molecule has 0 radical (unpaired) electrons. The SMILES string of the molecule is CC(Br)Oc1ccc(/C(=C(/CCO)c2ccccc2)c2ccccc2)cc1. The molecule has 0 aliphatic carbocycles. The van der Waals surface area contributed by atoms with Crippen LogP contribution in [-0.4, -0.2) is 16.7 Å². The third-order valence-electron chi connectivity index (χ3n) is 4.29. The number of benzene rings is 3. The molecule has 3 aromatic carbocycles. The molecule has 1 unspecified atom stereocenters. The Labute approximate surface area is 169 Å². The van der Waals surface area contributed by atoms with Gasteiger partial charge < -0.3 is 9.84 Å². The van der Waals surface area contributed by atoms with Crippen molar-refractivity contribution in [1.82, 2.24) is 0 Å².